The van der Waals surface area contributed by atoms with Gasteiger partial charge in [0.2, 0.25) is 10.0 Å². The number of ether oxygens (including phenoxy) is 1. The molecule has 21 heavy (non-hydrogen) atoms. The van der Waals surface area contributed by atoms with Crippen LogP contribution in [0, 0.1) is 5.82 Å². The second-order valence-electron chi connectivity index (χ2n) is 4.45. The van der Waals surface area contributed by atoms with Gasteiger partial charge in [-0.25, -0.2) is 12.8 Å². The number of likely N-dealkylation sites (N-methyl/N-ethyl adjacent to an activating group) is 1. The molecule has 2 aromatic carbocycles. The molecule has 0 spiro atoms. The summed E-state index contributed by atoms with van der Waals surface area (Å²) >= 11 is 0. The number of hydrogen-bond donors (Lipinski definition) is 0. The average Bonchev–Trinajstić information content (AvgIpc) is 2.48. The Morgan fingerprint density at radius 3 is 2.48 bits per heavy atom. The molecule has 112 valence electrons. The van der Waals surface area contributed by atoms with Crippen molar-refractivity contribution in [3.8, 4) is 5.75 Å². The molecule has 4 nitrogen and oxygen atoms in total. The van der Waals surface area contributed by atoms with Gasteiger partial charge in [-0.2, -0.15) is 4.31 Å². The van der Waals surface area contributed by atoms with Gasteiger partial charge in [0.05, 0.1) is 4.90 Å². The Labute approximate surface area is 123 Å². The number of benzene rings is 2. The third kappa shape index (κ3) is 4.03. The van der Waals surface area contributed by atoms with E-state index < -0.39 is 15.8 Å². The average molecular weight is 309 g/mol. The molecule has 2 rings (SSSR count). The second kappa shape index (κ2) is 6.69. The second-order valence-corrected chi connectivity index (χ2v) is 6.49. The molecule has 0 aliphatic rings. The number of halogens is 1. The lowest BCUT2D eigenvalue weighted by molar-refractivity contribution is 0.287. The first-order valence-corrected chi connectivity index (χ1v) is 7.84. The normalized spacial score (nSPS) is 11.6. The summed E-state index contributed by atoms with van der Waals surface area (Å²) < 4.78 is 44.2. The summed E-state index contributed by atoms with van der Waals surface area (Å²) in [6.07, 6.45) is 0. The number of rotatable bonds is 6. The van der Waals surface area contributed by atoms with Crippen molar-refractivity contribution in [2.75, 3.05) is 20.2 Å². The SMILES string of the molecule is CN(CCOc1ccccc1)S(=O)(=O)c1cccc(F)c1. The summed E-state index contributed by atoms with van der Waals surface area (Å²) in [6, 6.07) is 14.1. The Bertz CT molecular complexity index is 689. The van der Waals surface area contributed by atoms with E-state index in [2.05, 4.69) is 0 Å². The highest BCUT2D eigenvalue weighted by atomic mass is 32.2. The minimum absolute atomic E-state index is 0.0651. The van der Waals surface area contributed by atoms with E-state index in [0.29, 0.717) is 5.75 Å². The smallest absolute Gasteiger partial charge is 0.243 e. The Kier molecular flexibility index (Phi) is 4.93. The predicted octanol–water partition coefficient (Wildman–Crippen LogP) is 2.53. The van der Waals surface area contributed by atoms with Gasteiger partial charge in [0.1, 0.15) is 18.2 Å². The van der Waals surface area contributed by atoms with Crippen LogP contribution in [0.5, 0.6) is 5.75 Å². The fourth-order valence-electron chi connectivity index (χ4n) is 1.74. The van der Waals surface area contributed by atoms with Crippen LogP contribution in [0.1, 0.15) is 0 Å². The minimum Gasteiger partial charge on any atom is -0.492 e. The third-order valence-corrected chi connectivity index (χ3v) is 4.78. The monoisotopic (exact) mass is 309 g/mol. The van der Waals surface area contributed by atoms with Crippen molar-refractivity contribution in [2.45, 2.75) is 4.90 Å². The predicted molar refractivity (Wildman–Crippen MR) is 78.2 cm³/mol. The van der Waals surface area contributed by atoms with E-state index in [-0.39, 0.29) is 18.0 Å². The highest BCUT2D eigenvalue weighted by molar-refractivity contribution is 7.89. The van der Waals surface area contributed by atoms with E-state index in [9.17, 15) is 12.8 Å². The van der Waals surface area contributed by atoms with Crippen molar-refractivity contribution in [3.63, 3.8) is 0 Å². The first kappa shape index (κ1) is 15.5. The van der Waals surface area contributed by atoms with Gasteiger partial charge in [-0.15, -0.1) is 0 Å². The van der Waals surface area contributed by atoms with Gasteiger partial charge in [0, 0.05) is 13.6 Å². The maximum Gasteiger partial charge on any atom is 0.243 e. The molecule has 0 aliphatic heterocycles. The van der Waals surface area contributed by atoms with Crippen LogP contribution >= 0.6 is 0 Å². The maximum atomic E-state index is 13.1. The van der Waals surface area contributed by atoms with Crippen LogP contribution in [-0.2, 0) is 10.0 Å². The van der Waals surface area contributed by atoms with Crippen LogP contribution in [0.25, 0.3) is 0 Å². The topological polar surface area (TPSA) is 46.6 Å². The zero-order valence-electron chi connectivity index (χ0n) is 11.6. The molecular weight excluding hydrogens is 293 g/mol. The van der Waals surface area contributed by atoms with Gasteiger partial charge in [0.25, 0.3) is 0 Å². The third-order valence-electron chi connectivity index (χ3n) is 2.92. The fourth-order valence-corrected chi connectivity index (χ4v) is 2.92. The van der Waals surface area contributed by atoms with E-state index in [0.717, 1.165) is 10.4 Å². The molecule has 2 aromatic rings. The summed E-state index contributed by atoms with van der Waals surface area (Å²) in [6.45, 7) is 0.392. The highest BCUT2D eigenvalue weighted by Gasteiger charge is 2.20. The largest absolute Gasteiger partial charge is 0.492 e. The lowest BCUT2D eigenvalue weighted by atomic mass is 10.3. The first-order valence-electron chi connectivity index (χ1n) is 6.40. The molecule has 0 aliphatic carbocycles. The molecule has 0 N–H and O–H groups in total. The minimum atomic E-state index is -3.70. The summed E-state index contributed by atoms with van der Waals surface area (Å²) in [5.74, 6) is 0.0964. The van der Waals surface area contributed by atoms with Crippen molar-refractivity contribution in [1.29, 1.82) is 0 Å². The molecule has 0 atom stereocenters. The van der Waals surface area contributed by atoms with Gasteiger partial charge < -0.3 is 4.74 Å². The Morgan fingerprint density at radius 2 is 1.81 bits per heavy atom. The van der Waals surface area contributed by atoms with E-state index in [1.165, 1.54) is 25.2 Å². The van der Waals surface area contributed by atoms with Crippen LogP contribution in [0.15, 0.2) is 59.5 Å². The van der Waals surface area contributed by atoms with Gasteiger partial charge in [-0.05, 0) is 30.3 Å². The Balaban J connectivity index is 1.97. The number of para-hydroxylation sites is 1. The van der Waals surface area contributed by atoms with Crippen molar-refractivity contribution >= 4 is 10.0 Å². The van der Waals surface area contributed by atoms with Gasteiger partial charge in [0.15, 0.2) is 0 Å². The molecule has 0 unspecified atom stereocenters. The number of sulfonamides is 1. The zero-order chi connectivity index (χ0) is 15.3. The van der Waals surface area contributed by atoms with E-state index in [1.54, 1.807) is 12.1 Å². The first-order chi connectivity index (χ1) is 10.00. The molecule has 0 amide bonds. The molecule has 0 saturated carbocycles. The van der Waals surface area contributed by atoms with E-state index in [1.807, 2.05) is 18.2 Å². The van der Waals surface area contributed by atoms with Crippen molar-refractivity contribution < 1.29 is 17.5 Å². The summed E-state index contributed by atoms with van der Waals surface area (Å²) in [5, 5.41) is 0. The zero-order valence-corrected chi connectivity index (χ0v) is 12.4. The van der Waals surface area contributed by atoms with Crippen LogP contribution in [-0.4, -0.2) is 32.9 Å². The summed E-state index contributed by atoms with van der Waals surface area (Å²) in [4.78, 5) is -0.0651. The number of nitrogens with zero attached hydrogens (tertiary/aromatic N) is 1. The summed E-state index contributed by atoms with van der Waals surface area (Å²) in [7, 11) is -2.26. The van der Waals surface area contributed by atoms with E-state index >= 15 is 0 Å². The van der Waals surface area contributed by atoms with E-state index in [4.69, 9.17) is 4.74 Å². The van der Waals surface area contributed by atoms with Crippen LogP contribution < -0.4 is 4.74 Å². The maximum absolute atomic E-state index is 13.1. The Morgan fingerprint density at radius 1 is 1.10 bits per heavy atom. The van der Waals surface area contributed by atoms with Gasteiger partial charge in [-0.1, -0.05) is 24.3 Å². The standard InChI is InChI=1S/C15H16FNO3S/c1-17(10-11-20-14-7-3-2-4-8-14)21(18,19)15-9-5-6-13(16)12-15/h2-9,12H,10-11H2,1H3. The lowest BCUT2D eigenvalue weighted by Crippen LogP contribution is -2.31. The molecule has 0 radical (unpaired) electrons. The van der Waals surface area contributed by atoms with Crippen molar-refractivity contribution in [3.05, 3.63) is 60.4 Å². The van der Waals surface area contributed by atoms with Crippen LogP contribution in [0.4, 0.5) is 4.39 Å². The highest BCUT2D eigenvalue weighted by Crippen LogP contribution is 2.15. The molecule has 0 heterocycles. The summed E-state index contributed by atoms with van der Waals surface area (Å²) in [5.41, 5.74) is 0. The Hall–Kier alpha value is -1.92. The van der Waals surface area contributed by atoms with Crippen LogP contribution in [0.3, 0.4) is 0 Å². The van der Waals surface area contributed by atoms with Crippen molar-refractivity contribution in [1.82, 2.24) is 4.31 Å². The lowest BCUT2D eigenvalue weighted by Gasteiger charge is -2.17. The van der Waals surface area contributed by atoms with Gasteiger partial charge in [-0.3, -0.25) is 0 Å². The molecule has 6 heteroatoms. The quantitative estimate of drug-likeness (QED) is 0.824. The fraction of sp³-hybridized carbons (Fsp3) is 0.200. The van der Waals surface area contributed by atoms with Crippen molar-refractivity contribution in [2.24, 2.45) is 0 Å². The molecule has 0 bridgehead atoms. The van der Waals surface area contributed by atoms with Gasteiger partial charge >= 0.3 is 0 Å². The molecule has 0 saturated heterocycles. The molecule has 0 fully saturated rings. The number of hydrogen-bond acceptors (Lipinski definition) is 3. The molecular formula is C15H16FNO3S. The van der Waals surface area contributed by atoms with Crippen LogP contribution in [0.2, 0.25) is 0 Å². The molecule has 0 aromatic heterocycles.